The second-order valence-electron chi connectivity index (χ2n) is 9.28. The number of nitro benzene ring substituents is 1. The van der Waals surface area contributed by atoms with Crippen LogP contribution in [0.2, 0.25) is 0 Å². The highest BCUT2D eigenvalue weighted by atomic mass is 32.1. The number of aromatic hydroxyl groups is 1. The molecule has 3 unspecified atom stereocenters. The van der Waals surface area contributed by atoms with Crippen LogP contribution >= 0.6 is 11.3 Å². The Kier molecular flexibility index (Phi) is 6.43. The van der Waals surface area contributed by atoms with E-state index in [1.54, 1.807) is 19.1 Å². The lowest BCUT2D eigenvalue weighted by atomic mass is 9.94. The van der Waals surface area contributed by atoms with Gasteiger partial charge in [0.1, 0.15) is 11.5 Å². The van der Waals surface area contributed by atoms with Gasteiger partial charge in [0.15, 0.2) is 0 Å². The van der Waals surface area contributed by atoms with E-state index in [9.17, 15) is 15.2 Å². The molecule has 3 aromatic rings. The first kappa shape index (κ1) is 23.6. The van der Waals surface area contributed by atoms with Gasteiger partial charge in [-0.15, -0.1) is 5.10 Å². The molecule has 0 saturated carbocycles. The van der Waals surface area contributed by atoms with Crippen molar-refractivity contribution in [2.24, 2.45) is 5.92 Å². The van der Waals surface area contributed by atoms with Crippen LogP contribution in [0.4, 0.5) is 5.69 Å². The predicted molar refractivity (Wildman–Crippen MR) is 127 cm³/mol. The Hall–Kier alpha value is -2.56. The Morgan fingerprint density at radius 3 is 2.64 bits per heavy atom. The quantitative estimate of drug-likeness (QED) is 0.360. The fourth-order valence-corrected chi connectivity index (χ4v) is 5.74. The van der Waals surface area contributed by atoms with Crippen LogP contribution in [0.25, 0.3) is 4.96 Å². The number of thiazole rings is 1. The Balaban J connectivity index is 1.87. The third-order valence-electron chi connectivity index (χ3n) is 6.43. The van der Waals surface area contributed by atoms with Crippen molar-refractivity contribution < 1.29 is 14.8 Å². The van der Waals surface area contributed by atoms with Crippen molar-refractivity contribution in [1.29, 1.82) is 0 Å². The summed E-state index contributed by atoms with van der Waals surface area (Å²) in [6.07, 6.45) is 2.71. The van der Waals surface area contributed by atoms with Crippen LogP contribution in [0.15, 0.2) is 24.3 Å². The summed E-state index contributed by atoms with van der Waals surface area (Å²) < 4.78 is 7.88. The third-order valence-corrected chi connectivity index (χ3v) is 7.51. The highest BCUT2D eigenvalue weighted by molar-refractivity contribution is 7.17. The zero-order valence-corrected chi connectivity index (χ0v) is 20.5. The lowest BCUT2D eigenvalue weighted by Crippen LogP contribution is -2.48. The van der Waals surface area contributed by atoms with Gasteiger partial charge in [-0.3, -0.25) is 15.0 Å². The highest BCUT2D eigenvalue weighted by Gasteiger charge is 2.49. The molecule has 0 aliphatic carbocycles. The number of fused-ring (bicyclic) bond motifs is 1. The Morgan fingerprint density at radius 2 is 2.06 bits per heavy atom. The number of non-ortho nitro benzene ring substituents is 1. The van der Waals surface area contributed by atoms with Gasteiger partial charge in [0.2, 0.25) is 10.8 Å². The van der Waals surface area contributed by atoms with E-state index in [4.69, 9.17) is 4.74 Å². The molecule has 1 fully saturated rings. The van der Waals surface area contributed by atoms with Crippen LogP contribution in [0, 0.1) is 23.0 Å². The normalized spacial score (nSPS) is 22.4. The van der Waals surface area contributed by atoms with E-state index in [1.165, 1.54) is 28.0 Å². The number of nitro groups is 1. The van der Waals surface area contributed by atoms with E-state index in [0.717, 1.165) is 24.8 Å². The molecule has 1 aromatic carbocycles. The van der Waals surface area contributed by atoms with Crippen molar-refractivity contribution in [2.75, 3.05) is 6.61 Å². The van der Waals surface area contributed by atoms with Gasteiger partial charge >= 0.3 is 0 Å². The summed E-state index contributed by atoms with van der Waals surface area (Å²) in [5.41, 5.74) is 0.350. The SMILES string of the molecule is CCC1COC(C)(CCC(C)C)N1C(c1ccc([N+](=O)[O-])cc1)c1sc2nc(C)nn2c1O. The molecule has 3 atom stereocenters. The number of nitrogens with zero attached hydrogens (tertiary/aromatic N) is 5. The van der Waals surface area contributed by atoms with E-state index < -0.39 is 10.6 Å². The molecule has 10 heteroatoms. The molecule has 1 saturated heterocycles. The second kappa shape index (κ2) is 9.00. The van der Waals surface area contributed by atoms with Gasteiger partial charge in [-0.2, -0.15) is 4.52 Å². The average Bonchev–Trinajstić information content (AvgIpc) is 3.40. The summed E-state index contributed by atoms with van der Waals surface area (Å²) >= 11 is 1.39. The Morgan fingerprint density at radius 1 is 1.36 bits per heavy atom. The zero-order valence-electron chi connectivity index (χ0n) is 19.7. The van der Waals surface area contributed by atoms with E-state index >= 15 is 0 Å². The molecule has 178 valence electrons. The van der Waals surface area contributed by atoms with E-state index in [1.807, 2.05) is 0 Å². The monoisotopic (exact) mass is 473 g/mol. The molecule has 1 N–H and O–H groups in total. The smallest absolute Gasteiger partial charge is 0.269 e. The summed E-state index contributed by atoms with van der Waals surface area (Å²) in [5, 5.41) is 26.8. The molecule has 0 spiro atoms. The first-order valence-corrected chi connectivity index (χ1v) is 12.2. The molecular weight excluding hydrogens is 442 g/mol. The molecular formula is C23H31N5O4S. The maximum Gasteiger partial charge on any atom is 0.269 e. The van der Waals surface area contributed by atoms with Gasteiger partial charge in [-0.25, -0.2) is 4.98 Å². The number of aryl methyl sites for hydroxylation is 1. The Bertz CT molecular complexity index is 1140. The molecule has 0 radical (unpaired) electrons. The minimum Gasteiger partial charge on any atom is -0.492 e. The summed E-state index contributed by atoms with van der Waals surface area (Å²) in [7, 11) is 0. The van der Waals surface area contributed by atoms with E-state index in [2.05, 4.69) is 42.7 Å². The summed E-state index contributed by atoms with van der Waals surface area (Å²) in [6.45, 7) is 11.0. The maximum absolute atomic E-state index is 11.2. The van der Waals surface area contributed by atoms with Crippen molar-refractivity contribution >= 4 is 22.0 Å². The summed E-state index contributed by atoms with van der Waals surface area (Å²) in [4.78, 5) is 18.9. The van der Waals surface area contributed by atoms with E-state index in [0.29, 0.717) is 28.2 Å². The maximum atomic E-state index is 11.2. The zero-order chi connectivity index (χ0) is 23.9. The summed E-state index contributed by atoms with van der Waals surface area (Å²) in [5.74, 6) is 1.16. The van der Waals surface area contributed by atoms with Crippen molar-refractivity contribution in [3.05, 3.63) is 50.6 Å². The van der Waals surface area contributed by atoms with Crippen molar-refractivity contribution in [1.82, 2.24) is 19.5 Å². The van der Waals surface area contributed by atoms with Crippen LogP contribution in [-0.2, 0) is 4.74 Å². The van der Waals surface area contributed by atoms with Gasteiger partial charge < -0.3 is 9.84 Å². The topological polar surface area (TPSA) is 106 Å². The first-order valence-electron chi connectivity index (χ1n) is 11.4. The van der Waals surface area contributed by atoms with Gasteiger partial charge in [0.05, 0.1) is 22.4 Å². The molecule has 4 rings (SSSR count). The number of hydrogen-bond donors (Lipinski definition) is 1. The van der Waals surface area contributed by atoms with Crippen LogP contribution < -0.4 is 0 Å². The fraction of sp³-hybridized carbons (Fsp3) is 0.565. The second-order valence-corrected chi connectivity index (χ2v) is 10.3. The number of hydrogen-bond acceptors (Lipinski definition) is 8. The van der Waals surface area contributed by atoms with Crippen LogP contribution in [0.5, 0.6) is 5.88 Å². The number of rotatable bonds is 8. The average molecular weight is 474 g/mol. The first-order chi connectivity index (χ1) is 15.6. The number of aromatic nitrogens is 3. The number of benzene rings is 1. The predicted octanol–water partition coefficient (Wildman–Crippen LogP) is 5.07. The molecule has 0 bridgehead atoms. The van der Waals surface area contributed by atoms with Gasteiger partial charge in [-0.1, -0.05) is 44.2 Å². The highest BCUT2D eigenvalue weighted by Crippen LogP contribution is 2.48. The largest absolute Gasteiger partial charge is 0.492 e. The molecule has 9 nitrogen and oxygen atoms in total. The lowest BCUT2D eigenvalue weighted by Gasteiger charge is -2.42. The van der Waals surface area contributed by atoms with Crippen LogP contribution in [0.1, 0.15) is 69.3 Å². The Labute approximate surface area is 197 Å². The minimum absolute atomic E-state index is 0.0345. The molecule has 2 aromatic heterocycles. The van der Waals surface area contributed by atoms with Crippen LogP contribution in [0.3, 0.4) is 0 Å². The van der Waals surface area contributed by atoms with Crippen molar-refractivity contribution in [3.8, 4) is 5.88 Å². The molecule has 1 aliphatic rings. The van der Waals surface area contributed by atoms with Crippen molar-refractivity contribution in [2.45, 2.75) is 71.7 Å². The molecule has 0 amide bonds. The third kappa shape index (κ3) is 4.34. The standard InChI is InChI=1S/C23H31N5O4S/c1-6-17-13-32-23(5,12-11-14(2)3)26(17)19(16-7-9-18(10-8-16)28(30)31)20-21(29)27-22(33-20)24-15(4)25-27/h7-10,14,17,19,29H,6,11-13H2,1-5H3. The van der Waals surface area contributed by atoms with E-state index in [-0.39, 0.29) is 23.7 Å². The molecule has 33 heavy (non-hydrogen) atoms. The van der Waals surface area contributed by atoms with Gasteiger partial charge in [0, 0.05) is 18.2 Å². The molecule has 3 heterocycles. The fourth-order valence-electron chi connectivity index (χ4n) is 4.62. The lowest BCUT2D eigenvalue weighted by molar-refractivity contribution is -0.384. The minimum atomic E-state index is -0.542. The van der Waals surface area contributed by atoms with Crippen LogP contribution in [-0.4, -0.2) is 47.9 Å². The van der Waals surface area contributed by atoms with Gasteiger partial charge in [0.25, 0.3) is 5.69 Å². The van der Waals surface area contributed by atoms with Gasteiger partial charge in [-0.05, 0) is 44.6 Å². The molecule has 1 aliphatic heterocycles. The summed E-state index contributed by atoms with van der Waals surface area (Å²) in [6, 6.07) is 6.36. The number of ether oxygens (including phenoxy) is 1. The van der Waals surface area contributed by atoms with Crippen molar-refractivity contribution in [3.63, 3.8) is 0 Å².